The van der Waals surface area contributed by atoms with Crippen LogP contribution in [0.1, 0.15) is 40.9 Å². The molecule has 0 unspecified atom stereocenters. The van der Waals surface area contributed by atoms with Crippen LogP contribution in [-0.4, -0.2) is 42.3 Å². The number of likely N-dealkylation sites (tertiary alicyclic amines) is 1. The molecule has 6 heteroatoms. The summed E-state index contributed by atoms with van der Waals surface area (Å²) in [5.41, 5.74) is 6.35. The molecule has 1 N–H and O–H groups in total. The predicted molar refractivity (Wildman–Crippen MR) is 149 cm³/mol. The number of carboxylic acids is 1. The van der Waals surface area contributed by atoms with Crippen LogP contribution in [0.15, 0.2) is 77.2 Å². The number of furan rings is 1. The van der Waals surface area contributed by atoms with E-state index < -0.39 is 5.97 Å². The van der Waals surface area contributed by atoms with Gasteiger partial charge in [0.1, 0.15) is 29.4 Å². The van der Waals surface area contributed by atoms with E-state index in [0.29, 0.717) is 18.1 Å². The smallest absolute Gasteiger partial charge is 0.341 e. The number of aryl methyl sites for hydroxylation is 2. The van der Waals surface area contributed by atoms with Crippen molar-refractivity contribution in [2.24, 2.45) is 0 Å². The number of carboxylic acid groups (broad SMARTS) is 1. The average Bonchev–Trinajstić information content (AvgIpc) is 3.55. The molecule has 1 aromatic heterocycles. The fourth-order valence-electron chi connectivity index (χ4n) is 4.97. The van der Waals surface area contributed by atoms with Crippen LogP contribution in [0.5, 0.6) is 11.5 Å². The number of fused-ring (bicyclic) bond motifs is 1. The SMILES string of the molecule is Cc1cc2cc(/C(=C/COc3ccc(OCC(=O)O)c(C)c3)c3ccc(CN4CCCC4)cc3)ccc2o1. The highest BCUT2D eigenvalue weighted by atomic mass is 16.5. The standard InChI is InChI=1S/C32H33NO5/c1-22-17-28(10-12-30(22)37-21-32(34)35)36-16-13-29(26-9-11-31-27(19-26)18-23(2)38-31)25-7-5-24(6-8-25)20-33-14-3-4-15-33/h5-13,17-19H,3-4,14-16,20-21H2,1-2H3,(H,34,35)/b29-13+. The van der Waals surface area contributed by atoms with Gasteiger partial charge in [-0.25, -0.2) is 4.79 Å². The van der Waals surface area contributed by atoms with Gasteiger partial charge in [0, 0.05) is 11.9 Å². The maximum Gasteiger partial charge on any atom is 0.341 e. The lowest BCUT2D eigenvalue weighted by Gasteiger charge is -2.15. The number of hydrogen-bond donors (Lipinski definition) is 1. The highest BCUT2D eigenvalue weighted by Gasteiger charge is 2.13. The van der Waals surface area contributed by atoms with E-state index in [1.807, 2.05) is 26.0 Å². The summed E-state index contributed by atoms with van der Waals surface area (Å²) in [4.78, 5) is 13.3. The maximum absolute atomic E-state index is 10.8. The minimum absolute atomic E-state index is 0.371. The van der Waals surface area contributed by atoms with Crippen molar-refractivity contribution in [1.29, 1.82) is 0 Å². The number of benzene rings is 3. The number of ether oxygens (including phenoxy) is 2. The molecule has 0 atom stereocenters. The second-order valence-corrected chi connectivity index (χ2v) is 9.83. The second-order valence-electron chi connectivity index (χ2n) is 9.83. The zero-order valence-corrected chi connectivity index (χ0v) is 21.9. The maximum atomic E-state index is 10.8. The van der Waals surface area contributed by atoms with Crippen LogP contribution in [0.3, 0.4) is 0 Å². The van der Waals surface area contributed by atoms with E-state index in [-0.39, 0.29) is 6.61 Å². The van der Waals surface area contributed by atoms with Crippen LogP contribution >= 0.6 is 0 Å². The van der Waals surface area contributed by atoms with Crippen LogP contribution in [-0.2, 0) is 11.3 Å². The van der Waals surface area contributed by atoms with Crippen molar-refractivity contribution in [3.05, 3.63) is 101 Å². The highest BCUT2D eigenvalue weighted by molar-refractivity contribution is 5.87. The summed E-state index contributed by atoms with van der Waals surface area (Å²) < 4.78 is 17.2. The summed E-state index contributed by atoms with van der Waals surface area (Å²) in [5, 5.41) is 9.93. The molecule has 3 aromatic carbocycles. The number of aliphatic carboxylic acids is 1. The van der Waals surface area contributed by atoms with E-state index in [1.54, 1.807) is 12.1 Å². The minimum atomic E-state index is -1.00. The summed E-state index contributed by atoms with van der Waals surface area (Å²) >= 11 is 0. The first-order valence-corrected chi connectivity index (χ1v) is 13.0. The molecule has 1 saturated heterocycles. The summed E-state index contributed by atoms with van der Waals surface area (Å²) in [7, 11) is 0. The highest BCUT2D eigenvalue weighted by Crippen LogP contribution is 2.29. The molecule has 1 aliphatic heterocycles. The molecule has 0 amide bonds. The molecular weight excluding hydrogens is 478 g/mol. The van der Waals surface area contributed by atoms with E-state index in [2.05, 4.69) is 53.4 Å². The Morgan fingerprint density at radius 1 is 0.947 bits per heavy atom. The normalized spacial score (nSPS) is 14.2. The van der Waals surface area contributed by atoms with Crippen LogP contribution in [0.2, 0.25) is 0 Å². The first-order chi connectivity index (χ1) is 18.4. The lowest BCUT2D eigenvalue weighted by Crippen LogP contribution is -2.18. The Bertz CT molecular complexity index is 1440. The molecule has 196 valence electrons. The van der Waals surface area contributed by atoms with Gasteiger partial charge < -0.3 is 19.0 Å². The third-order valence-corrected chi connectivity index (χ3v) is 6.86. The van der Waals surface area contributed by atoms with Crippen molar-refractivity contribution in [1.82, 2.24) is 4.90 Å². The van der Waals surface area contributed by atoms with Crippen LogP contribution in [0, 0.1) is 13.8 Å². The first kappa shape index (κ1) is 25.6. The molecule has 2 heterocycles. The zero-order chi connectivity index (χ0) is 26.5. The van der Waals surface area contributed by atoms with Crippen LogP contribution in [0.4, 0.5) is 0 Å². The van der Waals surface area contributed by atoms with Crippen molar-refractivity contribution in [2.75, 3.05) is 26.3 Å². The zero-order valence-electron chi connectivity index (χ0n) is 21.9. The summed E-state index contributed by atoms with van der Waals surface area (Å²) in [5.74, 6) is 1.12. The van der Waals surface area contributed by atoms with Gasteiger partial charge in [0.05, 0.1) is 0 Å². The van der Waals surface area contributed by atoms with Crippen molar-refractivity contribution in [2.45, 2.75) is 33.2 Å². The number of nitrogens with zero attached hydrogens (tertiary/aromatic N) is 1. The second kappa shape index (κ2) is 11.6. The molecule has 0 saturated carbocycles. The van der Waals surface area contributed by atoms with Gasteiger partial charge in [0.15, 0.2) is 6.61 Å². The van der Waals surface area contributed by atoms with Crippen molar-refractivity contribution in [3.8, 4) is 11.5 Å². The molecule has 5 rings (SSSR count). The van der Waals surface area contributed by atoms with Crippen molar-refractivity contribution >= 4 is 22.5 Å². The Hall–Kier alpha value is -4.03. The number of hydrogen-bond acceptors (Lipinski definition) is 5. The number of carbonyl (C=O) groups is 1. The average molecular weight is 512 g/mol. The monoisotopic (exact) mass is 511 g/mol. The molecule has 0 aliphatic carbocycles. The Balaban J connectivity index is 1.37. The minimum Gasteiger partial charge on any atom is -0.489 e. The molecule has 0 spiro atoms. The summed E-state index contributed by atoms with van der Waals surface area (Å²) in [6, 6.07) is 22.6. The van der Waals surface area contributed by atoms with Gasteiger partial charge >= 0.3 is 5.97 Å². The Morgan fingerprint density at radius 3 is 2.45 bits per heavy atom. The topological polar surface area (TPSA) is 72.1 Å². The molecule has 1 aliphatic rings. The molecule has 38 heavy (non-hydrogen) atoms. The van der Waals surface area contributed by atoms with Gasteiger partial charge in [0.25, 0.3) is 0 Å². The molecule has 0 radical (unpaired) electrons. The quantitative estimate of drug-likeness (QED) is 0.258. The van der Waals surface area contributed by atoms with Gasteiger partial charge in [-0.05, 0) is 110 Å². The lowest BCUT2D eigenvalue weighted by molar-refractivity contribution is -0.139. The van der Waals surface area contributed by atoms with E-state index in [9.17, 15) is 4.79 Å². The molecular formula is C32H33NO5. The predicted octanol–water partition coefficient (Wildman–Crippen LogP) is 6.62. The fraction of sp³-hybridized carbons (Fsp3) is 0.281. The molecule has 4 aromatic rings. The summed E-state index contributed by atoms with van der Waals surface area (Å²) in [6.45, 7) is 7.20. The van der Waals surface area contributed by atoms with Gasteiger partial charge in [-0.15, -0.1) is 0 Å². The van der Waals surface area contributed by atoms with E-state index in [4.69, 9.17) is 19.0 Å². The largest absolute Gasteiger partial charge is 0.489 e. The van der Waals surface area contributed by atoms with Gasteiger partial charge in [0.2, 0.25) is 0 Å². The van der Waals surface area contributed by atoms with E-state index in [0.717, 1.165) is 45.5 Å². The molecule has 1 fully saturated rings. The van der Waals surface area contributed by atoms with Crippen LogP contribution < -0.4 is 9.47 Å². The summed E-state index contributed by atoms with van der Waals surface area (Å²) in [6.07, 6.45) is 4.69. The molecule has 6 nitrogen and oxygen atoms in total. The van der Waals surface area contributed by atoms with E-state index in [1.165, 1.54) is 31.5 Å². The fourth-order valence-corrected chi connectivity index (χ4v) is 4.97. The Morgan fingerprint density at radius 2 is 1.71 bits per heavy atom. The van der Waals surface area contributed by atoms with Crippen molar-refractivity contribution < 1.29 is 23.8 Å². The van der Waals surface area contributed by atoms with Gasteiger partial charge in [-0.1, -0.05) is 30.3 Å². The van der Waals surface area contributed by atoms with Gasteiger partial charge in [-0.3, -0.25) is 4.90 Å². The van der Waals surface area contributed by atoms with Crippen LogP contribution in [0.25, 0.3) is 16.5 Å². The lowest BCUT2D eigenvalue weighted by atomic mass is 9.96. The Labute approximate surface area is 223 Å². The molecule has 0 bridgehead atoms. The van der Waals surface area contributed by atoms with Gasteiger partial charge in [-0.2, -0.15) is 0 Å². The van der Waals surface area contributed by atoms with Crippen molar-refractivity contribution in [3.63, 3.8) is 0 Å². The van der Waals surface area contributed by atoms with E-state index >= 15 is 0 Å². The third kappa shape index (κ3) is 6.26. The first-order valence-electron chi connectivity index (χ1n) is 13.0. The third-order valence-electron chi connectivity index (χ3n) is 6.86. The number of rotatable bonds is 10. The Kier molecular flexibility index (Phi) is 7.80.